The molecule has 0 saturated heterocycles. The lowest BCUT2D eigenvalue weighted by atomic mass is 10.0. The minimum atomic E-state index is 0.876. The Labute approximate surface area is 160 Å². The Balaban J connectivity index is 1.84. The number of benzene rings is 5. The van der Waals surface area contributed by atoms with Crippen molar-refractivity contribution in [3.8, 4) is 11.5 Å². The van der Waals surface area contributed by atoms with Crippen molar-refractivity contribution in [2.75, 3.05) is 0 Å². The summed E-state index contributed by atoms with van der Waals surface area (Å²) in [4.78, 5) is 0. The summed E-state index contributed by atoms with van der Waals surface area (Å²) < 4.78 is 7.66. The number of ether oxygens (including phenoxy) is 1. The Morgan fingerprint density at radius 3 is 1.65 bits per heavy atom. The van der Waals surface area contributed by atoms with Gasteiger partial charge in [-0.15, -0.1) is 0 Å². The lowest BCUT2D eigenvalue weighted by Gasteiger charge is -2.16. The van der Waals surface area contributed by atoms with Crippen molar-refractivity contribution >= 4 is 48.2 Å². The third-order valence-corrected chi connectivity index (χ3v) is 5.63. The van der Waals surface area contributed by atoms with Crippen LogP contribution in [0.15, 0.2) is 95.5 Å². The minimum Gasteiger partial charge on any atom is -0.455 e. The predicted molar refractivity (Wildman–Crippen MR) is 113 cm³/mol. The quantitative estimate of drug-likeness (QED) is 0.276. The van der Waals surface area contributed by atoms with Gasteiger partial charge >= 0.3 is 0 Å². The second kappa shape index (κ2) is 6.15. The first-order valence-electron chi connectivity index (χ1n) is 8.57. The van der Waals surface area contributed by atoms with Gasteiger partial charge in [0.05, 0.1) is 0 Å². The fraction of sp³-hybridized carbons (Fsp3) is 0. The van der Waals surface area contributed by atoms with Gasteiger partial charge in [-0.05, 0) is 27.4 Å². The van der Waals surface area contributed by atoms with E-state index in [4.69, 9.17) is 4.74 Å². The second-order valence-electron chi connectivity index (χ2n) is 6.31. The highest BCUT2D eigenvalue weighted by atomic mass is 79.9. The molecule has 0 unspecified atom stereocenters. The molecule has 5 aromatic carbocycles. The van der Waals surface area contributed by atoms with Gasteiger partial charge in [0, 0.05) is 31.4 Å². The van der Waals surface area contributed by atoms with Crippen LogP contribution in [0, 0.1) is 0 Å². The average Bonchev–Trinajstić information content (AvgIpc) is 2.71. The van der Waals surface area contributed by atoms with Crippen LogP contribution in [0.3, 0.4) is 0 Å². The van der Waals surface area contributed by atoms with E-state index in [0.29, 0.717) is 0 Å². The molecule has 0 atom stereocenters. The fourth-order valence-electron chi connectivity index (χ4n) is 3.54. The van der Waals surface area contributed by atoms with Gasteiger partial charge in [-0.25, -0.2) is 0 Å². The Hall–Kier alpha value is -2.84. The molecule has 0 bridgehead atoms. The third-order valence-electron chi connectivity index (χ3n) is 4.78. The van der Waals surface area contributed by atoms with Crippen molar-refractivity contribution in [3.05, 3.63) is 95.5 Å². The summed E-state index contributed by atoms with van der Waals surface area (Å²) in [6, 6.07) is 31.2. The predicted octanol–water partition coefficient (Wildman–Crippen LogP) is 7.70. The molecule has 5 aromatic rings. The van der Waals surface area contributed by atoms with Crippen LogP contribution in [0.1, 0.15) is 0 Å². The molecule has 0 spiro atoms. The molecular formula is C24H15BrO. The van der Waals surface area contributed by atoms with Gasteiger partial charge in [0.2, 0.25) is 0 Å². The van der Waals surface area contributed by atoms with Gasteiger partial charge in [0.25, 0.3) is 0 Å². The lowest BCUT2D eigenvalue weighted by molar-refractivity contribution is 0.499. The minimum absolute atomic E-state index is 0.876. The van der Waals surface area contributed by atoms with Gasteiger partial charge in [0.15, 0.2) is 0 Å². The molecule has 0 fully saturated rings. The number of rotatable bonds is 2. The van der Waals surface area contributed by atoms with Crippen LogP contribution in [0.2, 0.25) is 0 Å². The Kier molecular flexibility index (Phi) is 3.65. The van der Waals surface area contributed by atoms with E-state index in [-0.39, 0.29) is 0 Å². The van der Waals surface area contributed by atoms with E-state index in [1.54, 1.807) is 0 Å². The summed E-state index contributed by atoms with van der Waals surface area (Å²) in [5.74, 6) is 1.77. The van der Waals surface area contributed by atoms with Gasteiger partial charge in [-0.1, -0.05) is 84.9 Å². The Bertz CT molecular complexity index is 1210. The molecule has 5 rings (SSSR count). The Morgan fingerprint density at radius 1 is 0.500 bits per heavy atom. The second-order valence-corrected chi connectivity index (χ2v) is 7.11. The van der Waals surface area contributed by atoms with Crippen LogP contribution in [0.25, 0.3) is 32.3 Å². The van der Waals surface area contributed by atoms with Crippen LogP contribution in [0.5, 0.6) is 11.5 Å². The zero-order chi connectivity index (χ0) is 17.5. The first kappa shape index (κ1) is 15.4. The number of halogens is 1. The van der Waals surface area contributed by atoms with Crippen molar-refractivity contribution in [1.29, 1.82) is 0 Å². The summed E-state index contributed by atoms with van der Waals surface area (Å²) in [5.41, 5.74) is 0. The highest BCUT2D eigenvalue weighted by molar-refractivity contribution is 9.10. The van der Waals surface area contributed by atoms with Crippen LogP contribution in [-0.4, -0.2) is 0 Å². The molecule has 0 radical (unpaired) electrons. The fourth-order valence-corrected chi connectivity index (χ4v) is 4.23. The molecule has 2 heteroatoms. The third kappa shape index (κ3) is 2.38. The monoisotopic (exact) mass is 398 g/mol. The largest absolute Gasteiger partial charge is 0.455 e. The van der Waals surface area contributed by atoms with Crippen LogP contribution >= 0.6 is 15.9 Å². The van der Waals surface area contributed by atoms with Crippen molar-refractivity contribution in [2.24, 2.45) is 0 Å². The molecule has 0 amide bonds. The van der Waals surface area contributed by atoms with Crippen LogP contribution in [-0.2, 0) is 0 Å². The number of hydrogen-bond donors (Lipinski definition) is 0. The highest BCUT2D eigenvalue weighted by Gasteiger charge is 2.14. The topological polar surface area (TPSA) is 9.23 Å². The van der Waals surface area contributed by atoms with E-state index in [9.17, 15) is 0 Å². The molecule has 0 aromatic heterocycles. The normalized spacial score (nSPS) is 11.3. The summed E-state index contributed by atoms with van der Waals surface area (Å²) in [6.45, 7) is 0. The molecule has 26 heavy (non-hydrogen) atoms. The van der Waals surface area contributed by atoms with E-state index >= 15 is 0 Å². The number of fused-ring (bicyclic) bond motifs is 3. The van der Waals surface area contributed by atoms with Gasteiger partial charge in [-0.3, -0.25) is 0 Å². The summed E-state index contributed by atoms with van der Waals surface area (Å²) in [5, 5.41) is 6.81. The summed E-state index contributed by atoms with van der Waals surface area (Å²) in [7, 11) is 0. The SMILES string of the molecule is Brc1c2ccccc2c(Oc2cccc3ccccc23)c2ccccc12. The van der Waals surface area contributed by atoms with E-state index in [2.05, 4.69) is 88.7 Å². The molecular weight excluding hydrogens is 384 g/mol. The molecule has 0 aliphatic rings. The zero-order valence-electron chi connectivity index (χ0n) is 13.9. The first-order valence-corrected chi connectivity index (χ1v) is 9.37. The van der Waals surface area contributed by atoms with E-state index < -0.39 is 0 Å². The van der Waals surface area contributed by atoms with Crippen molar-refractivity contribution in [1.82, 2.24) is 0 Å². The van der Waals surface area contributed by atoms with Gasteiger partial charge in [0.1, 0.15) is 11.5 Å². The average molecular weight is 399 g/mol. The molecule has 1 nitrogen and oxygen atoms in total. The van der Waals surface area contributed by atoms with E-state index in [0.717, 1.165) is 42.9 Å². The lowest BCUT2D eigenvalue weighted by Crippen LogP contribution is -1.90. The molecule has 0 N–H and O–H groups in total. The van der Waals surface area contributed by atoms with E-state index in [1.807, 2.05) is 18.2 Å². The molecule has 0 saturated carbocycles. The van der Waals surface area contributed by atoms with Crippen molar-refractivity contribution in [2.45, 2.75) is 0 Å². The van der Waals surface area contributed by atoms with Crippen molar-refractivity contribution < 1.29 is 4.74 Å². The maximum absolute atomic E-state index is 6.55. The van der Waals surface area contributed by atoms with E-state index in [1.165, 1.54) is 5.39 Å². The maximum atomic E-state index is 6.55. The first-order chi connectivity index (χ1) is 12.8. The van der Waals surface area contributed by atoms with Crippen molar-refractivity contribution in [3.63, 3.8) is 0 Å². The zero-order valence-corrected chi connectivity index (χ0v) is 15.5. The summed E-state index contributed by atoms with van der Waals surface area (Å²) >= 11 is 3.79. The molecule has 124 valence electrons. The van der Waals surface area contributed by atoms with Gasteiger partial charge < -0.3 is 4.74 Å². The summed E-state index contributed by atoms with van der Waals surface area (Å²) in [6.07, 6.45) is 0. The molecule has 0 aliphatic carbocycles. The van der Waals surface area contributed by atoms with Crippen LogP contribution < -0.4 is 4.74 Å². The molecule has 0 heterocycles. The molecule has 0 aliphatic heterocycles. The van der Waals surface area contributed by atoms with Gasteiger partial charge in [-0.2, -0.15) is 0 Å². The Morgan fingerprint density at radius 2 is 1.00 bits per heavy atom. The smallest absolute Gasteiger partial charge is 0.143 e. The number of hydrogen-bond acceptors (Lipinski definition) is 1. The maximum Gasteiger partial charge on any atom is 0.143 e. The standard InChI is InChI=1S/C24H15BrO/c25-23-18-11-3-5-13-20(18)24(21-14-6-4-12-19(21)23)26-22-15-7-9-16-8-1-2-10-17(16)22/h1-15H. The van der Waals surface area contributed by atoms with Crippen LogP contribution in [0.4, 0.5) is 0 Å². The highest BCUT2D eigenvalue weighted by Crippen LogP contribution is 2.43.